The minimum absolute atomic E-state index is 0. The number of hydrogen-bond acceptors (Lipinski definition) is 10. The number of carbonyl (C=O) groups is 2. The number of rotatable bonds is 2. The van der Waals surface area contributed by atoms with Gasteiger partial charge < -0.3 is 4.89 Å². The van der Waals surface area contributed by atoms with E-state index in [0.29, 0.717) is 0 Å². The molecule has 8 nitrogen and oxygen atoms in total. The molecule has 14 heteroatoms. The predicted octanol–water partition coefficient (Wildman–Crippen LogP) is -2.59. The molecule has 0 spiro atoms. The monoisotopic (exact) mass is 344 g/mol. The van der Waals surface area contributed by atoms with Gasteiger partial charge in [-0.05, 0) is 0 Å². The van der Waals surface area contributed by atoms with E-state index in [0.717, 1.165) is 12.2 Å². The summed E-state index contributed by atoms with van der Waals surface area (Å²) in [5.41, 5.74) is 0. The molecule has 0 unspecified atom stereocenters. The van der Waals surface area contributed by atoms with Crippen LogP contribution in [-0.2, 0) is 23.7 Å². The fraction of sp³-hybridized carbons (Fsp3) is 0. The summed E-state index contributed by atoms with van der Waals surface area (Å²) in [6, 6.07) is 0. The molecule has 0 aliphatic heterocycles. The molecule has 0 saturated heterocycles. The number of halogens is 2. The van der Waals surface area contributed by atoms with Crippen LogP contribution in [0.4, 0.5) is 8.39 Å². The summed E-state index contributed by atoms with van der Waals surface area (Å²) >= 11 is 0.274. The van der Waals surface area contributed by atoms with Gasteiger partial charge in [-0.15, -0.1) is 8.80 Å². The van der Waals surface area contributed by atoms with Crippen molar-refractivity contribution in [1.29, 1.82) is 0 Å². The Kier molecular flexibility index (Phi) is 18.2. The Morgan fingerprint density at radius 2 is 1.28 bits per heavy atom. The standard InChI is InChI=1S/C4N2O4S2.F2HO2P.K/c7-1-5-11-3(9)4(10)12-6-2-8;1-5(2,3)4;/h;(H,3,4);/q;;+1/p-1. The summed E-state index contributed by atoms with van der Waals surface area (Å²) in [7, 11) is -5.89. The van der Waals surface area contributed by atoms with Gasteiger partial charge in [0.1, 0.15) is 0 Å². The molecule has 0 bridgehead atoms. The number of carbonyl (C=O) groups excluding carboxylic acids is 4. The van der Waals surface area contributed by atoms with Crippen molar-refractivity contribution in [3.05, 3.63) is 0 Å². The Morgan fingerprint density at radius 1 is 1.06 bits per heavy atom. The fourth-order valence-electron chi connectivity index (χ4n) is 0.195. The van der Waals surface area contributed by atoms with Gasteiger partial charge in [-0.25, -0.2) is 9.59 Å². The average molecular weight is 344 g/mol. The Morgan fingerprint density at radius 3 is 1.44 bits per heavy atom. The Hall–Kier alpha value is 0.486. The van der Waals surface area contributed by atoms with E-state index in [1.807, 2.05) is 0 Å². The molecule has 0 radical (unpaired) electrons. The van der Waals surface area contributed by atoms with Crippen molar-refractivity contribution in [2.24, 2.45) is 8.80 Å². The average Bonchev–Trinajstić information content (AvgIpc) is 2.20. The van der Waals surface area contributed by atoms with Crippen molar-refractivity contribution in [2.45, 2.75) is 0 Å². The number of nitrogens with zero attached hydrogens (tertiary/aromatic N) is 2. The van der Waals surface area contributed by atoms with Crippen LogP contribution in [0.2, 0.25) is 0 Å². The van der Waals surface area contributed by atoms with Gasteiger partial charge in [0.25, 0.3) is 10.2 Å². The van der Waals surface area contributed by atoms with E-state index >= 15 is 0 Å². The molecule has 0 N–H and O–H groups in total. The zero-order chi connectivity index (χ0) is 13.9. The second kappa shape index (κ2) is 13.9. The molecule has 0 aromatic rings. The Balaban J connectivity index is -0.000000321. The molecule has 0 amide bonds. The fourth-order valence-corrected chi connectivity index (χ4v) is 0.808. The van der Waals surface area contributed by atoms with Crippen LogP contribution in [0.1, 0.15) is 0 Å². The van der Waals surface area contributed by atoms with E-state index in [1.54, 1.807) is 0 Å². The van der Waals surface area contributed by atoms with E-state index in [1.165, 1.54) is 0 Å². The first kappa shape index (κ1) is 23.6. The molecule has 0 aromatic heterocycles. The number of hydrogen-bond donors (Lipinski definition) is 0. The summed E-state index contributed by atoms with van der Waals surface area (Å²) in [6.45, 7) is 0. The SMILES string of the molecule is O=C=NSC(=O)C(=O)SN=C=O.O=P([O-])(F)F.[K+]. The van der Waals surface area contributed by atoms with Gasteiger partial charge in [-0.3, -0.25) is 14.2 Å². The van der Waals surface area contributed by atoms with Gasteiger partial charge in [-0.1, -0.05) is 0 Å². The maximum atomic E-state index is 10.5. The molecule has 18 heavy (non-hydrogen) atoms. The largest absolute Gasteiger partial charge is 1.00 e. The predicted molar refractivity (Wildman–Crippen MR) is 51.3 cm³/mol. The normalized spacial score (nSPS) is 8.39. The molecule has 0 aliphatic carbocycles. The van der Waals surface area contributed by atoms with Crippen molar-refractivity contribution >= 4 is 54.3 Å². The molecule has 94 valence electrons. The van der Waals surface area contributed by atoms with Crippen molar-refractivity contribution in [3.63, 3.8) is 0 Å². The van der Waals surface area contributed by atoms with Gasteiger partial charge in [-0.2, -0.15) is 8.39 Å². The second-order valence-corrected chi connectivity index (χ2v) is 3.84. The van der Waals surface area contributed by atoms with Gasteiger partial charge in [0.2, 0.25) is 12.2 Å². The molecule has 0 fully saturated rings. The first-order chi connectivity index (χ1) is 7.72. The van der Waals surface area contributed by atoms with Crippen LogP contribution in [0.25, 0.3) is 0 Å². The van der Waals surface area contributed by atoms with Gasteiger partial charge in [0.15, 0.2) is 0 Å². The third kappa shape index (κ3) is 25.4. The zero-order valence-electron chi connectivity index (χ0n) is 8.36. The summed E-state index contributed by atoms with van der Waals surface area (Å²) < 4.78 is 33.9. The van der Waals surface area contributed by atoms with Gasteiger partial charge in [0, 0.05) is 0 Å². The molecular weight excluding hydrogens is 344 g/mol. The second-order valence-electron chi connectivity index (χ2n) is 1.54. The summed E-state index contributed by atoms with van der Waals surface area (Å²) in [5, 5.41) is -2.00. The van der Waals surface area contributed by atoms with Crippen LogP contribution in [0.15, 0.2) is 8.80 Å². The van der Waals surface area contributed by atoms with Crippen molar-refractivity contribution in [3.8, 4) is 0 Å². The number of isocyanates is 2. The third-order valence-corrected chi connectivity index (χ3v) is 1.66. The molecule has 0 atom stereocenters. The summed E-state index contributed by atoms with van der Waals surface area (Å²) in [4.78, 5) is 48.4. The maximum absolute atomic E-state index is 10.5. The van der Waals surface area contributed by atoms with Crippen LogP contribution in [0.3, 0.4) is 0 Å². The minimum atomic E-state index is -5.89. The van der Waals surface area contributed by atoms with Crippen LogP contribution in [0.5, 0.6) is 0 Å². The van der Waals surface area contributed by atoms with E-state index < -0.39 is 18.2 Å². The molecule has 0 aromatic carbocycles. The topological polar surface area (TPSA) is 133 Å². The Bertz CT molecular complexity index is 393. The quantitative estimate of drug-likeness (QED) is 0.133. The summed E-state index contributed by atoms with van der Waals surface area (Å²) in [6.07, 6.45) is 2.11. The van der Waals surface area contributed by atoms with Crippen LogP contribution >= 0.6 is 31.9 Å². The molecule has 0 saturated carbocycles. The maximum Gasteiger partial charge on any atom is 1.00 e. The van der Waals surface area contributed by atoms with E-state index in [9.17, 15) is 27.6 Å². The van der Waals surface area contributed by atoms with E-state index in [2.05, 4.69) is 8.80 Å². The van der Waals surface area contributed by atoms with Crippen molar-refractivity contribution in [1.82, 2.24) is 0 Å². The molecular formula is C4F2KN2O6PS2. The molecule has 0 aliphatic rings. The van der Waals surface area contributed by atoms with Gasteiger partial charge in [0.05, 0.1) is 23.9 Å². The van der Waals surface area contributed by atoms with Crippen LogP contribution < -0.4 is 56.3 Å². The van der Waals surface area contributed by atoms with Crippen molar-refractivity contribution in [2.75, 3.05) is 0 Å². The van der Waals surface area contributed by atoms with Crippen molar-refractivity contribution < 1.29 is 88.4 Å². The third-order valence-electron chi connectivity index (χ3n) is 0.498. The molecule has 0 rings (SSSR count). The van der Waals surface area contributed by atoms with E-state index in [4.69, 9.17) is 9.46 Å². The van der Waals surface area contributed by atoms with Crippen LogP contribution in [0, 0.1) is 0 Å². The first-order valence-corrected chi connectivity index (χ1v) is 5.94. The summed E-state index contributed by atoms with van der Waals surface area (Å²) in [5.74, 6) is 0. The molecule has 0 heterocycles. The van der Waals surface area contributed by atoms with Crippen LogP contribution in [-0.4, -0.2) is 22.4 Å². The smallest absolute Gasteiger partial charge is 0.749 e. The van der Waals surface area contributed by atoms with Gasteiger partial charge >= 0.3 is 59.4 Å². The van der Waals surface area contributed by atoms with E-state index in [-0.39, 0.29) is 75.3 Å². The Labute approximate surface area is 149 Å². The zero-order valence-corrected chi connectivity index (χ0v) is 14.0. The minimum Gasteiger partial charge on any atom is -0.749 e. The first-order valence-electron chi connectivity index (χ1n) is 2.99.